The molecule has 0 atom stereocenters. The molecule has 3 aromatic rings. The van der Waals surface area contributed by atoms with Crippen LogP contribution in [0.4, 0.5) is 5.82 Å². The summed E-state index contributed by atoms with van der Waals surface area (Å²) < 4.78 is 14.1. The maximum absolute atomic E-state index is 12.8. The second-order valence-electron chi connectivity index (χ2n) is 7.01. The SMILES string of the molecule is CCCn1c(N)c(C(=O)CSc2nnc(COc3cccc(OC)c3)n2N)c(=O)n(C)c1=O. The van der Waals surface area contributed by atoms with Gasteiger partial charge in [0.25, 0.3) is 5.56 Å². The number of aromatic nitrogens is 5. The number of carbonyl (C=O) groups is 1. The molecule has 13 heteroatoms. The van der Waals surface area contributed by atoms with E-state index >= 15 is 0 Å². The lowest BCUT2D eigenvalue weighted by atomic mass is 10.2. The monoisotopic (exact) mass is 475 g/mol. The maximum Gasteiger partial charge on any atom is 0.332 e. The zero-order chi connectivity index (χ0) is 24.1. The van der Waals surface area contributed by atoms with E-state index in [1.165, 1.54) is 16.3 Å². The van der Waals surface area contributed by atoms with E-state index in [1.54, 1.807) is 31.4 Å². The third-order valence-corrected chi connectivity index (χ3v) is 5.73. The van der Waals surface area contributed by atoms with Gasteiger partial charge in [-0.25, -0.2) is 9.47 Å². The van der Waals surface area contributed by atoms with Crippen LogP contribution in [-0.4, -0.2) is 42.7 Å². The van der Waals surface area contributed by atoms with Crippen molar-refractivity contribution in [2.45, 2.75) is 31.7 Å². The Balaban J connectivity index is 1.72. The van der Waals surface area contributed by atoms with Crippen molar-refractivity contribution >= 4 is 23.4 Å². The fraction of sp³-hybridized carbons (Fsp3) is 0.350. The molecule has 0 aliphatic carbocycles. The van der Waals surface area contributed by atoms with Gasteiger partial charge < -0.3 is 21.1 Å². The number of Topliss-reactive ketones (excluding diaryl/α,β-unsaturated/α-hetero) is 1. The molecule has 0 unspecified atom stereocenters. The Morgan fingerprint density at radius 2 is 1.94 bits per heavy atom. The Morgan fingerprint density at radius 1 is 1.21 bits per heavy atom. The Kier molecular flexibility index (Phi) is 7.43. The average Bonchev–Trinajstić information content (AvgIpc) is 3.17. The van der Waals surface area contributed by atoms with Crippen molar-refractivity contribution in [2.75, 3.05) is 24.4 Å². The van der Waals surface area contributed by atoms with Crippen molar-refractivity contribution in [3.63, 3.8) is 0 Å². The van der Waals surface area contributed by atoms with Crippen molar-refractivity contribution in [2.24, 2.45) is 7.05 Å². The lowest BCUT2D eigenvalue weighted by Crippen LogP contribution is -2.42. The molecule has 33 heavy (non-hydrogen) atoms. The number of benzene rings is 1. The van der Waals surface area contributed by atoms with E-state index in [2.05, 4.69) is 10.2 Å². The van der Waals surface area contributed by atoms with Gasteiger partial charge in [0.1, 0.15) is 29.5 Å². The molecule has 3 rings (SSSR count). The minimum Gasteiger partial charge on any atom is -0.497 e. The smallest absolute Gasteiger partial charge is 0.332 e. The number of nitrogen functional groups attached to an aromatic ring is 2. The zero-order valence-corrected chi connectivity index (χ0v) is 19.3. The molecule has 2 aromatic heterocycles. The molecule has 0 fully saturated rings. The van der Waals surface area contributed by atoms with Gasteiger partial charge in [-0.1, -0.05) is 24.8 Å². The maximum atomic E-state index is 12.8. The molecule has 0 radical (unpaired) electrons. The summed E-state index contributed by atoms with van der Waals surface area (Å²) in [5.74, 6) is 6.72. The predicted octanol–water partition coefficient (Wildman–Crippen LogP) is 0.407. The van der Waals surface area contributed by atoms with Crippen molar-refractivity contribution in [3.05, 3.63) is 56.5 Å². The van der Waals surface area contributed by atoms with Crippen LogP contribution >= 0.6 is 11.8 Å². The number of rotatable bonds is 10. The van der Waals surface area contributed by atoms with E-state index in [1.807, 2.05) is 6.92 Å². The van der Waals surface area contributed by atoms with Crippen LogP contribution in [0.15, 0.2) is 39.0 Å². The molecular weight excluding hydrogens is 450 g/mol. The van der Waals surface area contributed by atoms with Crippen LogP contribution < -0.4 is 32.3 Å². The predicted molar refractivity (Wildman–Crippen MR) is 123 cm³/mol. The number of carbonyl (C=O) groups excluding carboxylic acids is 1. The molecule has 0 spiro atoms. The third-order valence-electron chi connectivity index (χ3n) is 4.79. The number of methoxy groups -OCH3 is 1. The number of nitrogens with zero attached hydrogens (tertiary/aromatic N) is 5. The van der Waals surface area contributed by atoms with Crippen molar-refractivity contribution in [1.82, 2.24) is 24.0 Å². The summed E-state index contributed by atoms with van der Waals surface area (Å²) in [6.45, 7) is 2.19. The molecule has 1 aromatic carbocycles. The highest BCUT2D eigenvalue weighted by Crippen LogP contribution is 2.21. The van der Waals surface area contributed by atoms with E-state index in [9.17, 15) is 14.4 Å². The summed E-state index contributed by atoms with van der Waals surface area (Å²) in [4.78, 5) is 37.6. The summed E-state index contributed by atoms with van der Waals surface area (Å²) in [5.41, 5.74) is 4.46. The molecule has 4 N–H and O–H groups in total. The minimum atomic E-state index is -0.739. The zero-order valence-electron chi connectivity index (χ0n) is 18.5. The summed E-state index contributed by atoms with van der Waals surface area (Å²) in [7, 11) is 2.87. The normalized spacial score (nSPS) is 10.9. The number of ketones is 1. The Morgan fingerprint density at radius 3 is 2.64 bits per heavy atom. The molecule has 0 saturated carbocycles. The summed E-state index contributed by atoms with van der Waals surface area (Å²) in [6, 6.07) is 7.05. The topological polar surface area (TPSA) is 162 Å². The number of nitrogens with two attached hydrogens (primary N) is 2. The van der Waals surface area contributed by atoms with E-state index in [4.69, 9.17) is 21.1 Å². The Hall–Kier alpha value is -3.74. The second kappa shape index (κ2) is 10.3. The van der Waals surface area contributed by atoms with Gasteiger partial charge in [-0.2, -0.15) is 0 Å². The lowest BCUT2D eigenvalue weighted by Gasteiger charge is -2.13. The van der Waals surface area contributed by atoms with Gasteiger partial charge in [-0.15, -0.1) is 10.2 Å². The number of hydrogen-bond acceptors (Lipinski definition) is 10. The quantitative estimate of drug-likeness (QED) is 0.238. The summed E-state index contributed by atoms with van der Waals surface area (Å²) in [6.07, 6.45) is 0.613. The molecule has 0 aliphatic rings. The largest absolute Gasteiger partial charge is 0.497 e. The minimum absolute atomic E-state index is 0.0423. The molecule has 0 bridgehead atoms. The van der Waals surface area contributed by atoms with Gasteiger partial charge in [-0.3, -0.25) is 18.7 Å². The van der Waals surface area contributed by atoms with Crippen LogP contribution in [-0.2, 0) is 20.2 Å². The molecule has 0 saturated heterocycles. The van der Waals surface area contributed by atoms with Crippen LogP contribution in [0.25, 0.3) is 0 Å². The Bertz CT molecular complexity index is 1280. The average molecular weight is 476 g/mol. The standard InChI is InChI=1S/C20H25N7O5S/c1-4-8-26-17(21)16(18(29)25(2)20(26)30)14(28)11-33-19-24-23-15(27(19)22)10-32-13-7-5-6-12(9-13)31-3/h5-7,9H,4,8,10-11,21-22H2,1-3H3. The number of thioether (sulfide) groups is 1. The highest BCUT2D eigenvalue weighted by Gasteiger charge is 2.22. The first-order valence-electron chi connectivity index (χ1n) is 10.00. The number of hydrogen-bond donors (Lipinski definition) is 2. The fourth-order valence-electron chi connectivity index (χ4n) is 3.03. The van der Waals surface area contributed by atoms with E-state index in [0.29, 0.717) is 30.3 Å². The van der Waals surface area contributed by atoms with Crippen LogP contribution in [0.5, 0.6) is 11.5 Å². The van der Waals surface area contributed by atoms with Crippen molar-refractivity contribution in [1.29, 1.82) is 0 Å². The highest BCUT2D eigenvalue weighted by molar-refractivity contribution is 7.99. The number of ether oxygens (including phenoxy) is 2. The molecule has 176 valence electrons. The van der Waals surface area contributed by atoms with Gasteiger partial charge >= 0.3 is 5.69 Å². The van der Waals surface area contributed by atoms with Gasteiger partial charge in [-0.05, 0) is 18.6 Å². The molecular formula is C20H25N7O5S. The van der Waals surface area contributed by atoms with Crippen LogP contribution in [0.1, 0.15) is 29.5 Å². The lowest BCUT2D eigenvalue weighted by molar-refractivity contribution is 0.102. The van der Waals surface area contributed by atoms with Gasteiger partial charge in [0.05, 0.1) is 12.9 Å². The van der Waals surface area contributed by atoms with E-state index in [-0.39, 0.29) is 28.9 Å². The van der Waals surface area contributed by atoms with E-state index < -0.39 is 17.0 Å². The Labute approximate surface area is 193 Å². The molecule has 0 amide bonds. The first-order chi connectivity index (χ1) is 15.8. The van der Waals surface area contributed by atoms with Gasteiger partial charge in [0, 0.05) is 19.7 Å². The van der Waals surface area contributed by atoms with Crippen molar-refractivity contribution in [3.8, 4) is 11.5 Å². The van der Waals surface area contributed by atoms with E-state index in [0.717, 1.165) is 16.3 Å². The van der Waals surface area contributed by atoms with Crippen LogP contribution in [0.2, 0.25) is 0 Å². The third kappa shape index (κ3) is 5.03. The molecule has 0 aliphatic heterocycles. The number of anilines is 1. The highest BCUT2D eigenvalue weighted by atomic mass is 32.2. The van der Waals surface area contributed by atoms with Crippen LogP contribution in [0.3, 0.4) is 0 Å². The summed E-state index contributed by atoms with van der Waals surface area (Å²) in [5, 5.41) is 8.22. The summed E-state index contributed by atoms with van der Waals surface area (Å²) >= 11 is 0.993. The van der Waals surface area contributed by atoms with Gasteiger partial charge in [0.2, 0.25) is 5.16 Å². The van der Waals surface area contributed by atoms with Gasteiger partial charge in [0.15, 0.2) is 11.6 Å². The first kappa shape index (κ1) is 23.9. The van der Waals surface area contributed by atoms with Crippen molar-refractivity contribution < 1.29 is 14.3 Å². The second-order valence-corrected chi connectivity index (χ2v) is 7.95. The fourth-order valence-corrected chi connectivity index (χ4v) is 3.78. The first-order valence-corrected chi connectivity index (χ1v) is 11.0. The molecule has 2 heterocycles. The molecule has 12 nitrogen and oxygen atoms in total. The van der Waals surface area contributed by atoms with Crippen LogP contribution in [0, 0.1) is 0 Å².